The van der Waals surface area contributed by atoms with Crippen molar-refractivity contribution in [2.45, 2.75) is 25.3 Å². The van der Waals surface area contributed by atoms with Gasteiger partial charge in [0.1, 0.15) is 0 Å². The van der Waals surface area contributed by atoms with Crippen LogP contribution in [0.5, 0.6) is 0 Å². The van der Waals surface area contributed by atoms with Gasteiger partial charge in [-0.2, -0.15) is 9.40 Å². The third-order valence-corrected chi connectivity index (χ3v) is 5.39. The first-order chi connectivity index (χ1) is 10.8. The summed E-state index contributed by atoms with van der Waals surface area (Å²) in [6.07, 6.45) is 3.36. The maximum Gasteiger partial charge on any atom is 0.272 e. The van der Waals surface area contributed by atoms with Crippen molar-refractivity contribution in [2.75, 3.05) is 6.54 Å². The maximum atomic E-state index is 12.7. The second-order valence-electron chi connectivity index (χ2n) is 5.16. The molecular weight excluding hydrogens is 320 g/mol. The Balaban J connectivity index is 2.35. The lowest BCUT2D eigenvalue weighted by Gasteiger charge is -2.20. The van der Waals surface area contributed by atoms with E-state index < -0.39 is 14.9 Å². The van der Waals surface area contributed by atoms with Crippen LogP contribution >= 0.6 is 0 Å². The predicted octanol–water partition coefficient (Wildman–Crippen LogP) is 1.85. The van der Waals surface area contributed by atoms with Gasteiger partial charge in [0.25, 0.3) is 5.69 Å². The summed E-state index contributed by atoms with van der Waals surface area (Å²) in [7, 11) is -1.97. The fourth-order valence-corrected chi connectivity index (χ4v) is 3.79. The van der Waals surface area contributed by atoms with Gasteiger partial charge < -0.3 is 0 Å². The molecule has 0 radical (unpaired) electrons. The van der Waals surface area contributed by atoms with Crippen molar-refractivity contribution >= 4 is 15.7 Å². The van der Waals surface area contributed by atoms with Gasteiger partial charge in [-0.05, 0) is 19.1 Å². The van der Waals surface area contributed by atoms with Crippen LogP contribution in [0, 0.1) is 17.0 Å². The molecule has 0 atom stereocenters. The first-order valence-electron chi connectivity index (χ1n) is 6.98. The zero-order valence-corrected chi connectivity index (χ0v) is 13.9. The number of hydrogen-bond donors (Lipinski definition) is 0. The molecule has 0 amide bonds. The minimum atomic E-state index is -3.73. The quantitative estimate of drug-likeness (QED) is 0.591. The molecule has 0 bridgehead atoms. The monoisotopic (exact) mass is 338 g/mol. The standard InChI is InChI=1S/C14H18N4O4S/c1-4-17(10-12-8-15-16(3)9-12)23(21,22)13-5-6-14(18(19)20)11(2)7-13/h5-9H,4,10H2,1-3H3. The molecule has 0 unspecified atom stereocenters. The van der Waals surface area contributed by atoms with Gasteiger partial charge in [-0.25, -0.2) is 8.42 Å². The summed E-state index contributed by atoms with van der Waals surface area (Å²) in [5.74, 6) is 0. The van der Waals surface area contributed by atoms with Crippen LogP contribution in [0.1, 0.15) is 18.1 Å². The molecular formula is C14H18N4O4S. The van der Waals surface area contributed by atoms with Gasteiger partial charge in [0.2, 0.25) is 10.0 Å². The van der Waals surface area contributed by atoms with Crippen LogP contribution in [0.4, 0.5) is 5.69 Å². The fraction of sp³-hybridized carbons (Fsp3) is 0.357. The summed E-state index contributed by atoms with van der Waals surface area (Å²) in [6, 6.07) is 3.83. The lowest BCUT2D eigenvalue weighted by Crippen LogP contribution is -2.30. The van der Waals surface area contributed by atoms with Crippen molar-refractivity contribution in [3.63, 3.8) is 0 Å². The topological polar surface area (TPSA) is 98.3 Å². The summed E-state index contributed by atoms with van der Waals surface area (Å²) in [5, 5.41) is 14.9. The smallest absolute Gasteiger partial charge is 0.272 e. The molecule has 2 rings (SSSR count). The molecule has 0 aliphatic rings. The molecule has 1 aromatic carbocycles. The Bertz CT molecular complexity index is 829. The van der Waals surface area contributed by atoms with Crippen LogP contribution in [0.2, 0.25) is 0 Å². The number of nitrogens with zero attached hydrogens (tertiary/aromatic N) is 4. The Morgan fingerprint density at radius 2 is 2.09 bits per heavy atom. The van der Waals surface area contributed by atoms with Gasteiger partial charge in [0.15, 0.2) is 0 Å². The summed E-state index contributed by atoms with van der Waals surface area (Å²) < 4.78 is 28.4. The molecule has 0 aliphatic heterocycles. The Hall–Kier alpha value is -2.26. The molecule has 0 saturated carbocycles. The van der Waals surface area contributed by atoms with Crippen LogP contribution in [0.15, 0.2) is 35.5 Å². The van der Waals surface area contributed by atoms with Crippen LogP contribution in [0.25, 0.3) is 0 Å². The largest absolute Gasteiger partial charge is 0.275 e. The number of nitro groups is 1. The molecule has 0 fully saturated rings. The second-order valence-corrected chi connectivity index (χ2v) is 7.10. The first-order valence-corrected chi connectivity index (χ1v) is 8.42. The minimum absolute atomic E-state index is 0.0475. The molecule has 0 spiro atoms. The Labute approximate surface area is 134 Å². The number of benzene rings is 1. The zero-order valence-electron chi connectivity index (χ0n) is 13.1. The van der Waals surface area contributed by atoms with E-state index in [4.69, 9.17) is 0 Å². The third-order valence-electron chi connectivity index (χ3n) is 3.47. The number of aryl methyl sites for hydroxylation is 2. The lowest BCUT2D eigenvalue weighted by molar-refractivity contribution is -0.385. The van der Waals surface area contributed by atoms with E-state index in [0.717, 1.165) is 5.56 Å². The minimum Gasteiger partial charge on any atom is -0.275 e. The first kappa shape index (κ1) is 17.1. The van der Waals surface area contributed by atoms with Crippen LogP contribution < -0.4 is 0 Å². The normalized spacial score (nSPS) is 11.8. The van der Waals surface area contributed by atoms with Crippen LogP contribution in [-0.2, 0) is 23.6 Å². The van der Waals surface area contributed by atoms with Gasteiger partial charge in [-0.3, -0.25) is 14.8 Å². The number of aromatic nitrogens is 2. The van der Waals surface area contributed by atoms with E-state index >= 15 is 0 Å². The second kappa shape index (κ2) is 6.47. The van der Waals surface area contributed by atoms with Crippen molar-refractivity contribution < 1.29 is 13.3 Å². The van der Waals surface area contributed by atoms with Gasteiger partial charge >= 0.3 is 0 Å². The van der Waals surface area contributed by atoms with Gasteiger partial charge in [-0.15, -0.1) is 0 Å². The molecule has 0 N–H and O–H groups in total. The number of nitro benzene ring substituents is 1. The maximum absolute atomic E-state index is 12.7. The van der Waals surface area contributed by atoms with E-state index in [1.165, 1.54) is 29.4 Å². The summed E-state index contributed by atoms with van der Waals surface area (Å²) in [5.41, 5.74) is 0.990. The number of sulfonamides is 1. The van der Waals surface area contributed by atoms with Gasteiger partial charge in [0.05, 0.1) is 16.0 Å². The Morgan fingerprint density at radius 1 is 1.39 bits per heavy atom. The van der Waals surface area contributed by atoms with E-state index in [2.05, 4.69) is 5.10 Å². The van der Waals surface area contributed by atoms with Crippen LogP contribution in [0.3, 0.4) is 0 Å². The molecule has 124 valence electrons. The predicted molar refractivity (Wildman–Crippen MR) is 84.3 cm³/mol. The van der Waals surface area contributed by atoms with E-state index in [1.54, 1.807) is 31.0 Å². The third kappa shape index (κ3) is 3.57. The van der Waals surface area contributed by atoms with Crippen molar-refractivity contribution in [3.8, 4) is 0 Å². The molecule has 0 saturated heterocycles. The highest BCUT2D eigenvalue weighted by molar-refractivity contribution is 7.89. The van der Waals surface area contributed by atoms with E-state index in [-0.39, 0.29) is 23.7 Å². The molecule has 8 nitrogen and oxygen atoms in total. The summed E-state index contributed by atoms with van der Waals surface area (Å²) in [4.78, 5) is 10.4. The molecule has 1 heterocycles. The Kier molecular flexibility index (Phi) is 4.81. The Morgan fingerprint density at radius 3 is 2.57 bits per heavy atom. The summed E-state index contributed by atoms with van der Waals surface area (Å²) >= 11 is 0. The highest BCUT2D eigenvalue weighted by Gasteiger charge is 2.25. The molecule has 0 aliphatic carbocycles. The van der Waals surface area contributed by atoms with Crippen molar-refractivity contribution in [3.05, 3.63) is 51.8 Å². The lowest BCUT2D eigenvalue weighted by atomic mass is 10.2. The van der Waals surface area contributed by atoms with E-state index in [0.29, 0.717) is 5.56 Å². The van der Waals surface area contributed by atoms with E-state index in [9.17, 15) is 18.5 Å². The molecule has 9 heteroatoms. The molecule has 2 aromatic rings. The highest BCUT2D eigenvalue weighted by Crippen LogP contribution is 2.24. The van der Waals surface area contributed by atoms with Crippen molar-refractivity contribution in [2.24, 2.45) is 7.05 Å². The van der Waals surface area contributed by atoms with Crippen molar-refractivity contribution in [1.82, 2.24) is 14.1 Å². The average molecular weight is 338 g/mol. The summed E-state index contributed by atoms with van der Waals surface area (Å²) in [6.45, 7) is 3.75. The number of hydrogen-bond acceptors (Lipinski definition) is 5. The SMILES string of the molecule is CCN(Cc1cnn(C)c1)S(=O)(=O)c1ccc([N+](=O)[O-])c(C)c1. The van der Waals surface area contributed by atoms with Crippen molar-refractivity contribution in [1.29, 1.82) is 0 Å². The van der Waals surface area contributed by atoms with Gasteiger partial charge in [0, 0.05) is 43.5 Å². The average Bonchev–Trinajstić information content (AvgIpc) is 2.89. The number of rotatable bonds is 6. The fourth-order valence-electron chi connectivity index (χ4n) is 2.27. The molecule has 23 heavy (non-hydrogen) atoms. The van der Waals surface area contributed by atoms with E-state index in [1.807, 2.05) is 0 Å². The zero-order chi connectivity index (χ0) is 17.2. The van der Waals surface area contributed by atoms with Gasteiger partial charge in [-0.1, -0.05) is 6.92 Å². The highest BCUT2D eigenvalue weighted by atomic mass is 32.2. The van der Waals surface area contributed by atoms with Crippen LogP contribution in [-0.4, -0.2) is 34.0 Å². The molecule has 1 aromatic heterocycles.